The number of nitrogens with zero attached hydrogens (tertiary/aromatic N) is 2. The zero-order valence-corrected chi connectivity index (χ0v) is 8.05. The maximum atomic E-state index is 11.2. The molecule has 0 fully saturated rings. The fraction of sp³-hybridized carbons (Fsp3) is 0.250. The molecule has 80 valence electrons. The van der Waals surface area contributed by atoms with E-state index in [1.54, 1.807) is 0 Å². The number of carboxylic acid groups (broad SMARTS) is 1. The van der Waals surface area contributed by atoms with Crippen LogP contribution in [0.5, 0.6) is 0 Å². The molecule has 0 saturated carbocycles. The molecule has 0 bridgehead atoms. The molecule has 15 heavy (non-hydrogen) atoms. The first-order valence-electron chi connectivity index (χ1n) is 3.87. The van der Waals surface area contributed by atoms with Crippen LogP contribution in [0.1, 0.15) is 20.8 Å². The van der Waals surface area contributed by atoms with Crippen molar-refractivity contribution < 1.29 is 24.2 Å². The molecule has 0 aromatic carbocycles. The first kappa shape index (κ1) is 10.9. The summed E-state index contributed by atoms with van der Waals surface area (Å²) in [5.74, 6) is -3.65. The van der Waals surface area contributed by atoms with Crippen LogP contribution in [0.15, 0.2) is 6.20 Å². The van der Waals surface area contributed by atoms with Crippen LogP contribution in [0.4, 0.5) is 0 Å². The number of rotatable bonds is 3. The molecule has 0 radical (unpaired) electrons. The van der Waals surface area contributed by atoms with E-state index in [1.807, 2.05) is 0 Å². The minimum atomic E-state index is -1.65. The van der Waals surface area contributed by atoms with Crippen molar-refractivity contribution in [3.8, 4) is 0 Å². The molecule has 7 nitrogen and oxygen atoms in total. The number of hydrogen-bond acceptors (Lipinski definition) is 5. The monoisotopic (exact) mass is 212 g/mol. The lowest BCUT2D eigenvalue weighted by atomic mass is 10.2. The van der Waals surface area contributed by atoms with Gasteiger partial charge in [0.25, 0.3) is 5.78 Å². The van der Waals surface area contributed by atoms with E-state index in [0.717, 1.165) is 18.0 Å². The number of hydrogen-bond donors (Lipinski definition) is 1. The third kappa shape index (κ3) is 1.85. The minimum absolute atomic E-state index is 0.160. The van der Waals surface area contributed by atoms with Gasteiger partial charge in [-0.2, -0.15) is 5.10 Å². The Morgan fingerprint density at radius 2 is 2.07 bits per heavy atom. The first-order valence-corrected chi connectivity index (χ1v) is 3.87. The summed E-state index contributed by atoms with van der Waals surface area (Å²) >= 11 is 0. The second-order valence-corrected chi connectivity index (χ2v) is 2.66. The quantitative estimate of drug-likeness (QED) is 0.411. The summed E-state index contributed by atoms with van der Waals surface area (Å²) in [4.78, 5) is 32.8. The Labute approximate surface area is 84.3 Å². The third-order valence-electron chi connectivity index (χ3n) is 1.75. The Kier molecular flexibility index (Phi) is 2.84. The minimum Gasteiger partial charge on any atom is -0.475 e. The highest BCUT2D eigenvalue weighted by atomic mass is 16.5. The maximum absolute atomic E-state index is 11.2. The number of aliphatic carboxylic acids is 1. The van der Waals surface area contributed by atoms with E-state index in [-0.39, 0.29) is 11.3 Å². The topological polar surface area (TPSA) is 98.5 Å². The number of esters is 1. The zero-order valence-electron chi connectivity index (χ0n) is 8.05. The number of Topliss-reactive ketones (excluding diaryl/α,β-unsaturated/α-hetero) is 1. The highest BCUT2D eigenvalue weighted by Gasteiger charge is 2.26. The Hall–Kier alpha value is -2.18. The van der Waals surface area contributed by atoms with Crippen LogP contribution in [0, 0.1) is 0 Å². The molecule has 0 aliphatic heterocycles. The molecule has 0 aliphatic rings. The Bertz CT molecular complexity index is 434. The van der Waals surface area contributed by atoms with Gasteiger partial charge in [0, 0.05) is 7.05 Å². The molecule has 7 heteroatoms. The number of carbonyl (C=O) groups excluding carboxylic acids is 2. The van der Waals surface area contributed by atoms with E-state index in [2.05, 4.69) is 9.84 Å². The smallest absolute Gasteiger partial charge is 0.378 e. The summed E-state index contributed by atoms with van der Waals surface area (Å²) < 4.78 is 5.40. The van der Waals surface area contributed by atoms with Crippen molar-refractivity contribution in [2.45, 2.75) is 0 Å². The van der Waals surface area contributed by atoms with Crippen LogP contribution >= 0.6 is 0 Å². The lowest BCUT2D eigenvalue weighted by Gasteiger charge is -2.00. The van der Waals surface area contributed by atoms with Gasteiger partial charge < -0.3 is 9.84 Å². The predicted octanol–water partition coefficient (Wildman–Crippen LogP) is -0.526. The Morgan fingerprint density at radius 3 is 2.53 bits per heavy atom. The number of aromatic nitrogens is 2. The summed E-state index contributed by atoms with van der Waals surface area (Å²) in [7, 11) is 2.49. The van der Waals surface area contributed by atoms with Crippen LogP contribution in [0.3, 0.4) is 0 Å². The van der Waals surface area contributed by atoms with Crippen LogP contribution in [0.25, 0.3) is 0 Å². The lowest BCUT2D eigenvalue weighted by Crippen LogP contribution is -2.20. The molecule has 1 N–H and O–H groups in total. The van der Waals surface area contributed by atoms with Crippen molar-refractivity contribution in [2.24, 2.45) is 7.05 Å². The number of methoxy groups -OCH3 is 1. The molecule has 0 aliphatic carbocycles. The second kappa shape index (κ2) is 3.91. The number of aryl methyl sites for hydroxylation is 1. The van der Waals surface area contributed by atoms with Gasteiger partial charge in [-0.05, 0) is 0 Å². The van der Waals surface area contributed by atoms with Crippen molar-refractivity contribution >= 4 is 17.7 Å². The van der Waals surface area contributed by atoms with Crippen LogP contribution in [-0.4, -0.2) is 39.7 Å². The fourth-order valence-electron chi connectivity index (χ4n) is 1.07. The van der Waals surface area contributed by atoms with Crippen LogP contribution < -0.4 is 0 Å². The summed E-state index contributed by atoms with van der Waals surface area (Å²) in [6.45, 7) is 0. The molecule has 0 spiro atoms. The molecule has 1 aromatic rings. The van der Waals surface area contributed by atoms with E-state index in [4.69, 9.17) is 5.11 Å². The lowest BCUT2D eigenvalue weighted by molar-refractivity contribution is -0.131. The Morgan fingerprint density at radius 1 is 1.47 bits per heavy atom. The van der Waals surface area contributed by atoms with E-state index in [1.165, 1.54) is 7.05 Å². The highest BCUT2D eigenvalue weighted by molar-refractivity contribution is 6.40. The van der Waals surface area contributed by atoms with Crippen molar-refractivity contribution in [1.82, 2.24) is 9.78 Å². The van der Waals surface area contributed by atoms with Gasteiger partial charge in [-0.15, -0.1) is 0 Å². The van der Waals surface area contributed by atoms with Gasteiger partial charge in [-0.1, -0.05) is 0 Å². The molecule has 0 unspecified atom stereocenters. The Balaban J connectivity index is 3.27. The van der Waals surface area contributed by atoms with Gasteiger partial charge >= 0.3 is 11.9 Å². The van der Waals surface area contributed by atoms with Crippen molar-refractivity contribution in [2.75, 3.05) is 7.11 Å². The van der Waals surface area contributed by atoms with E-state index >= 15 is 0 Å². The number of ketones is 1. The molecule has 1 aromatic heterocycles. The van der Waals surface area contributed by atoms with Gasteiger partial charge in [-0.3, -0.25) is 9.48 Å². The van der Waals surface area contributed by atoms with Gasteiger partial charge in [0.1, 0.15) is 11.3 Å². The number of carboxylic acids is 1. The van der Waals surface area contributed by atoms with E-state index in [9.17, 15) is 14.4 Å². The molecular weight excluding hydrogens is 204 g/mol. The summed E-state index contributed by atoms with van der Waals surface area (Å²) in [6.07, 6.45) is 1.09. The highest BCUT2D eigenvalue weighted by Crippen LogP contribution is 2.09. The summed E-state index contributed by atoms with van der Waals surface area (Å²) in [5, 5.41) is 12.1. The molecule has 0 atom stereocenters. The standard InChI is InChI=1S/C8H8N2O5/c1-10-5(6(11)7(12)13)4(3-9-10)8(14)15-2/h3H,1-2H3,(H,12,13). The summed E-state index contributed by atoms with van der Waals surface area (Å²) in [5.41, 5.74) is -0.457. The average molecular weight is 212 g/mol. The van der Waals surface area contributed by atoms with Crippen molar-refractivity contribution in [1.29, 1.82) is 0 Å². The van der Waals surface area contributed by atoms with Crippen LogP contribution in [-0.2, 0) is 16.6 Å². The van der Waals surface area contributed by atoms with Gasteiger partial charge in [0.2, 0.25) is 0 Å². The molecule has 1 rings (SSSR count). The molecule has 1 heterocycles. The van der Waals surface area contributed by atoms with Crippen molar-refractivity contribution in [3.05, 3.63) is 17.5 Å². The van der Waals surface area contributed by atoms with Crippen molar-refractivity contribution in [3.63, 3.8) is 0 Å². The normalized spacial score (nSPS) is 9.73. The SMILES string of the molecule is COC(=O)c1cnn(C)c1C(=O)C(=O)O. The zero-order chi connectivity index (χ0) is 11.6. The number of ether oxygens (including phenoxy) is 1. The average Bonchev–Trinajstić information content (AvgIpc) is 2.57. The maximum Gasteiger partial charge on any atom is 0.378 e. The molecule has 0 saturated heterocycles. The van der Waals surface area contributed by atoms with Gasteiger partial charge in [0.15, 0.2) is 0 Å². The largest absolute Gasteiger partial charge is 0.475 e. The summed E-state index contributed by atoms with van der Waals surface area (Å²) in [6, 6.07) is 0. The second-order valence-electron chi connectivity index (χ2n) is 2.66. The predicted molar refractivity (Wildman–Crippen MR) is 46.5 cm³/mol. The van der Waals surface area contributed by atoms with Gasteiger partial charge in [0.05, 0.1) is 13.3 Å². The number of carbonyl (C=O) groups is 3. The van der Waals surface area contributed by atoms with Crippen LogP contribution in [0.2, 0.25) is 0 Å². The fourth-order valence-corrected chi connectivity index (χ4v) is 1.07. The van der Waals surface area contributed by atoms with Gasteiger partial charge in [-0.25, -0.2) is 9.59 Å². The first-order chi connectivity index (χ1) is 6.99. The third-order valence-corrected chi connectivity index (χ3v) is 1.75. The molecular formula is C8H8N2O5. The van der Waals surface area contributed by atoms with E-state index in [0.29, 0.717) is 0 Å². The molecule has 0 amide bonds. The van der Waals surface area contributed by atoms with E-state index < -0.39 is 17.7 Å².